The minimum atomic E-state index is 0.322. The number of nitrogens with zero attached hydrogens (tertiary/aromatic N) is 2. The van der Waals surface area contributed by atoms with Crippen LogP contribution in [0.4, 0.5) is 0 Å². The van der Waals surface area contributed by atoms with Crippen molar-refractivity contribution in [3.05, 3.63) is 0 Å². The predicted molar refractivity (Wildman–Crippen MR) is 72.0 cm³/mol. The van der Waals surface area contributed by atoms with E-state index in [1.807, 2.05) is 4.90 Å². The molecule has 0 spiro atoms. The first-order chi connectivity index (χ1) is 8.17. The second-order valence-corrected chi connectivity index (χ2v) is 5.36. The van der Waals surface area contributed by atoms with Crippen LogP contribution in [-0.4, -0.2) is 48.4 Å². The number of rotatable bonds is 6. The Labute approximate surface area is 106 Å². The fraction of sp³-hybridized carbons (Fsp3) is 0.929. The van der Waals surface area contributed by atoms with Gasteiger partial charge in [0.15, 0.2) is 0 Å². The van der Waals surface area contributed by atoms with Gasteiger partial charge in [-0.25, -0.2) is 0 Å². The average molecular weight is 240 g/mol. The molecule has 1 aliphatic heterocycles. The fourth-order valence-electron chi connectivity index (χ4n) is 2.62. The number of likely N-dealkylation sites (tertiary alicyclic amines) is 1. The Morgan fingerprint density at radius 2 is 1.94 bits per heavy atom. The van der Waals surface area contributed by atoms with Gasteiger partial charge in [-0.3, -0.25) is 9.69 Å². The zero-order valence-corrected chi connectivity index (χ0v) is 11.7. The van der Waals surface area contributed by atoms with E-state index < -0.39 is 0 Å². The average Bonchev–Trinajstić information content (AvgIpc) is 2.28. The van der Waals surface area contributed by atoms with Gasteiger partial charge in [-0.2, -0.15) is 0 Å². The summed E-state index contributed by atoms with van der Waals surface area (Å²) in [5.74, 6) is 1.07. The molecule has 0 aromatic carbocycles. The van der Waals surface area contributed by atoms with Crippen molar-refractivity contribution in [2.75, 3.05) is 32.7 Å². The highest BCUT2D eigenvalue weighted by Crippen LogP contribution is 2.15. The highest BCUT2D eigenvalue weighted by Gasteiger charge is 2.20. The van der Waals surface area contributed by atoms with Crippen LogP contribution in [0.1, 0.15) is 46.5 Å². The molecule has 1 fully saturated rings. The van der Waals surface area contributed by atoms with Crippen molar-refractivity contribution in [2.24, 2.45) is 5.92 Å². The molecule has 0 saturated carbocycles. The van der Waals surface area contributed by atoms with E-state index in [0.717, 1.165) is 44.9 Å². The molecule has 3 heteroatoms. The number of piperidine rings is 1. The molecule has 17 heavy (non-hydrogen) atoms. The maximum atomic E-state index is 12.2. The summed E-state index contributed by atoms with van der Waals surface area (Å²) in [7, 11) is 0. The SMILES string of the molecule is CCCN(CCC)C(=O)CN1CCCC(C)C1. The molecule has 0 aromatic heterocycles. The minimum Gasteiger partial charge on any atom is -0.342 e. The molecule has 1 unspecified atom stereocenters. The third-order valence-corrected chi connectivity index (χ3v) is 3.44. The molecule has 1 aliphatic rings. The standard InChI is InChI=1S/C14H28N2O/c1-4-8-16(9-5-2)14(17)12-15-10-6-7-13(3)11-15/h13H,4-12H2,1-3H3. The number of carbonyl (C=O) groups excluding carboxylic acids is 1. The summed E-state index contributed by atoms with van der Waals surface area (Å²) in [6.07, 6.45) is 4.68. The first-order valence-corrected chi connectivity index (χ1v) is 7.17. The molecule has 0 N–H and O–H groups in total. The minimum absolute atomic E-state index is 0.322. The lowest BCUT2D eigenvalue weighted by molar-refractivity contribution is -0.132. The monoisotopic (exact) mass is 240 g/mol. The predicted octanol–water partition coefficient (Wildman–Crippen LogP) is 2.37. The summed E-state index contributed by atoms with van der Waals surface area (Å²) in [5, 5.41) is 0. The van der Waals surface area contributed by atoms with Crippen molar-refractivity contribution < 1.29 is 4.79 Å². The van der Waals surface area contributed by atoms with Gasteiger partial charge in [0, 0.05) is 19.6 Å². The zero-order valence-electron chi connectivity index (χ0n) is 11.7. The van der Waals surface area contributed by atoms with Crippen LogP contribution in [0.25, 0.3) is 0 Å². The highest BCUT2D eigenvalue weighted by molar-refractivity contribution is 5.78. The van der Waals surface area contributed by atoms with Gasteiger partial charge in [-0.15, -0.1) is 0 Å². The van der Waals surface area contributed by atoms with Gasteiger partial charge in [0.05, 0.1) is 6.54 Å². The summed E-state index contributed by atoms with van der Waals surface area (Å²) in [6.45, 7) is 11.2. The van der Waals surface area contributed by atoms with Crippen molar-refractivity contribution in [1.29, 1.82) is 0 Å². The number of amides is 1. The van der Waals surface area contributed by atoms with Crippen LogP contribution in [0, 0.1) is 5.92 Å². The van der Waals surface area contributed by atoms with Gasteiger partial charge in [0.25, 0.3) is 0 Å². The third kappa shape index (κ3) is 5.07. The molecule has 100 valence electrons. The number of hydrogen-bond donors (Lipinski definition) is 0. The van der Waals surface area contributed by atoms with Crippen LogP contribution in [0.5, 0.6) is 0 Å². The highest BCUT2D eigenvalue weighted by atomic mass is 16.2. The van der Waals surface area contributed by atoms with Crippen molar-refractivity contribution in [2.45, 2.75) is 46.5 Å². The third-order valence-electron chi connectivity index (χ3n) is 3.44. The van der Waals surface area contributed by atoms with E-state index >= 15 is 0 Å². The summed E-state index contributed by atoms with van der Waals surface area (Å²) in [6, 6.07) is 0. The molecule has 1 rings (SSSR count). The molecular weight excluding hydrogens is 212 g/mol. The lowest BCUT2D eigenvalue weighted by Gasteiger charge is -2.32. The van der Waals surface area contributed by atoms with Crippen LogP contribution in [0.15, 0.2) is 0 Å². The van der Waals surface area contributed by atoms with E-state index in [2.05, 4.69) is 25.7 Å². The first kappa shape index (κ1) is 14.5. The summed E-state index contributed by atoms with van der Waals surface area (Å²) < 4.78 is 0. The van der Waals surface area contributed by atoms with E-state index in [4.69, 9.17) is 0 Å². The maximum absolute atomic E-state index is 12.2. The molecule has 1 heterocycles. The van der Waals surface area contributed by atoms with E-state index in [9.17, 15) is 4.79 Å². The van der Waals surface area contributed by atoms with Crippen LogP contribution in [0.2, 0.25) is 0 Å². The Morgan fingerprint density at radius 3 is 2.47 bits per heavy atom. The van der Waals surface area contributed by atoms with Crippen molar-refractivity contribution in [3.63, 3.8) is 0 Å². The number of hydrogen-bond acceptors (Lipinski definition) is 2. The Bertz CT molecular complexity index is 224. The summed E-state index contributed by atoms with van der Waals surface area (Å²) in [4.78, 5) is 16.5. The van der Waals surface area contributed by atoms with E-state index in [0.29, 0.717) is 12.5 Å². The van der Waals surface area contributed by atoms with E-state index in [1.165, 1.54) is 12.8 Å². The molecule has 1 saturated heterocycles. The smallest absolute Gasteiger partial charge is 0.236 e. The van der Waals surface area contributed by atoms with Gasteiger partial charge < -0.3 is 4.90 Å². The summed E-state index contributed by atoms with van der Waals surface area (Å²) in [5.41, 5.74) is 0. The topological polar surface area (TPSA) is 23.6 Å². The van der Waals surface area contributed by atoms with Crippen LogP contribution in [0.3, 0.4) is 0 Å². The van der Waals surface area contributed by atoms with Gasteiger partial charge in [-0.1, -0.05) is 20.8 Å². The van der Waals surface area contributed by atoms with Gasteiger partial charge >= 0.3 is 0 Å². The van der Waals surface area contributed by atoms with Gasteiger partial charge in [0.2, 0.25) is 5.91 Å². The zero-order chi connectivity index (χ0) is 12.7. The van der Waals surface area contributed by atoms with Crippen LogP contribution >= 0.6 is 0 Å². The van der Waals surface area contributed by atoms with Crippen molar-refractivity contribution in [3.8, 4) is 0 Å². The second-order valence-electron chi connectivity index (χ2n) is 5.36. The van der Waals surface area contributed by atoms with Crippen molar-refractivity contribution >= 4 is 5.91 Å². The molecule has 0 aromatic rings. The molecule has 3 nitrogen and oxygen atoms in total. The Hall–Kier alpha value is -0.570. The van der Waals surface area contributed by atoms with Crippen LogP contribution < -0.4 is 0 Å². The Balaban J connectivity index is 2.39. The van der Waals surface area contributed by atoms with Gasteiger partial charge in [-0.05, 0) is 38.1 Å². The Morgan fingerprint density at radius 1 is 1.29 bits per heavy atom. The van der Waals surface area contributed by atoms with Crippen molar-refractivity contribution in [1.82, 2.24) is 9.80 Å². The lowest BCUT2D eigenvalue weighted by Crippen LogP contribution is -2.44. The molecule has 1 amide bonds. The van der Waals surface area contributed by atoms with E-state index in [-0.39, 0.29) is 0 Å². The second kappa shape index (κ2) is 7.70. The Kier molecular flexibility index (Phi) is 6.56. The molecule has 1 atom stereocenters. The quantitative estimate of drug-likeness (QED) is 0.711. The normalized spacial score (nSPS) is 21.5. The van der Waals surface area contributed by atoms with Crippen LogP contribution in [-0.2, 0) is 4.79 Å². The lowest BCUT2D eigenvalue weighted by atomic mass is 10.0. The first-order valence-electron chi connectivity index (χ1n) is 7.17. The fourth-order valence-corrected chi connectivity index (χ4v) is 2.62. The molecule has 0 aliphatic carbocycles. The number of carbonyl (C=O) groups is 1. The van der Waals surface area contributed by atoms with E-state index in [1.54, 1.807) is 0 Å². The largest absolute Gasteiger partial charge is 0.342 e. The summed E-state index contributed by atoms with van der Waals surface area (Å²) >= 11 is 0. The van der Waals surface area contributed by atoms with Gasteiger partial charge in [0.1, 0.15) is 0 Å². The molecular formula is C14H28N2O. The molecule has 0 radical (unpaired) electrons. The maximum Gasteiger partial charge on any atom is 0.236 e. The molecule has 0 bridgehead atoms.